The average Bonchev–Trinajstić information content (AvgIpc) is 2.70. The molecule has 1 N–H and O–H groups in total. The number of piperazine rings is 1. The van der Waals surface area contributed by atoms with Crippen LogP contribution in [0.5, 0.6) is 5.75 Å². The van der Waals surface area contributed by atoms with Gasteiger partial charge in [-0.25, -0.2) is 4.39 Å². The highest BCUT2D eigenvalue weighted by atomic mass is 79.9. The van der Waals surface area contributed by atoms with E-state index in [4.69, 9.17) is 9.47 Å². The number of benzene rings is 2. The van der Waals surface area contributed by atoms with Crippen molar-refractivity contribution in [2.75, 3.05) is 57.4 Å². The number of halogens is 2. The van der Waals surface area contributed by atoms with E-state index in [0.717, 1.165) is 42.1 Å². The monoisotopic (exact) mass is 452 g/mol. The fraction of sp³-hybridized carbons (Fsp3) is 0.429. The van der Waals surface area contributed by atoms with Crippen LogP contribution in [0.25, 0.3) is 0 Å². The lowest BCUT2D eigenvalue weighted by atomic mass is 10.2. The molecule has 3 rings (SSSR count). The number of hydrogen-bond acceptors (Lipinski definition) is 5. The minimum Gasteiger partial charge on any atom is -0.491 e. The van der Waals surface area contributed by atoms with Crippen LogP contribution in [0.4, 0.5) is 10.1 Å². The van der Waals surface area contributed by atoms with Crippen molar-refractivity contribution in [3.63, 3.8) is 0 Å². The third kappa shape index (κ3) is 6.74. The van der Waals surface area contributed by atoms with E-state index < -0.39 is 6.10 Å². The molecule has 5 nitrogen and oxygen atoms in total. The normalized spacial score (nSPS) is 16.2. The topological polar surface area (TPSA) is 45.2 Å². The lowest BCUT2D eigenvalue weighted by Gasteiger charge is -2.36. The van der Waals surface area contributed by atoms with E-state index in [9.17, 15) is 9.50 Å². The molecule has 0 aromatic heterocycles. The van der Waals surface area contributed by atoms with Crippen LogP contribution < -0.4 is 9.64 Å². The molecule has 0 saturated carbocycles. The first-order valence-corrected chi connectivity index (χ1v) is 10.3. The number of β-amino-alcohol motifs (C(OH)–C–C–N with tert-alkyl or cyclic N) is 1. The van der Waals surface area contributed by atoms with E-state index in [0.29, 0.717) is 26.4 Å². The molecule has 1 heterocycles. The second kappa shape index (κ2) is 10.8. The lowest BCUT2D eigenvalue weighted by molar-refractivity contribution is 0.00718. The number of rotatable bonds is 9. The largest absolute Gasteiger partial charge is 0.491 e. The quantitative estimate of drug-likeness (QED) is 0.592. The van der Waals surface area contributed by atoms with Gasteiger partial charge >= 0.3 is 0 Å². The number of hydrogen-bond donors (Lipinski definition) is 1. The maximum absolute atomic E-state index is 13.0. The Bertz CT molecular complexity index is 707. The molecule has 0 aliphatic carbocycles. The zero-order valence-electron chi connectivity index (χ0n) is 15.8. The van der Waals surface area contributed by atoms with Gasteiger partial charge in [-0.2, -0.15) is 0 Å². The van der Waals surface area contributed by atoms with E-state index in [2.05, 4.69) is 25.7 Å². The van der Waals surface area contributed by atoms with Crippen LogP contribution in [0, 0.1) is 5.82 Å². The van der Waals surface area contributed by atoms with Crippen LogP contribution in [-0.2, 0) is 4.74 Å². The van der Waals surface area contributed by atoms with Gasteiger partial charge in [0.15, 0.2) is 0 Å². The molecule has 0 bridgehead atoms. The second-order valence-corrected chi connectivity index (χ2v) is 7.71. The summed E-state index contributed by atoms with van der Waals surface area (Å²) in [4.78, 5) is 4.46. The van der Waals surface area contributed by atoms with E-state index in [1.165, 1.54) is 12.1 Å². The number of aliphatic hydroxyl groups excluding tert-OH is 1. The number of nitrogens with zero attached hydrogens (tertiary/aromatic N) is 2. The molecular weight excluding hydrogens is 427 g/mol. The van der Waals surface area contributed by atoms with Crippen LogP contribution >= 0.6 is 15.9 Å². The Kier molecular flexibility index (Phi) is 8.09. The summed E-state index contributed by atoms with van der Waals surface area (Å²) in [5, 5.41) is 10.2. The third-order valence-electron chi connectivity index (χ3n) is 4.65. The molecule has 1 aliphatic heterocycles. The van der Waals surface area contributed by atoms with Gasteiger partial charge in [-0.15, -0.1) is 0 Å². The van der Waals surface area contributed by atoms with Crippen molar-refractivity contribution >= 4 is 21.6 Å². The summed E-state index contributed by atoms with van der Waals surface area (Å²) in [6.45, 7) is 5.21. The first-order valence-electron chi connectivity index (χ1n) is 9.47. The third-order valence-corrected chi connectivity index (χ3v) is 5.18. The van der Waals surface area contributed by atoms with Gasteiger partial charge in [0.05, 0.1) is 19.3 Å². The Hall–Kier alpha value is -1.67. The number of aliphatic hydroxyl groups is 1. The molecule has 2 aromatic rings. The van der Waals surface area contributed by atoms with Crippen LogP contribution in [0.3, 0.4) is 0 Å². The highest BCUT2D eigenvalue weighted by Gasteiger charge is 2.19. The Balaban J connectivity index is 1.27. The summed E-state index contributed by atoms with van der Waals surface area (Å²) < 4.78 is 25.2. The molecule has 0 amide bonds. The smallest absolute Gasteiger partial charge is 0.123 e. The maximum atomic E-state index is 13.0. The van der Waals surface area contributed by atoms with E-state index in [1.807, 2.05) is 36.4 Å². The van der Waals surface area contributed by atoms with Crippen molar-refractivity contribution in [2.24, 2.45) is 0 Å². The summed E-state index contributed by atoms with van der Waals surface area (Å²) in [5.74, 6) is 0.583. The van der Waals surface area contributed by atoms with Gasteiger partial charge in [-0.1, -0.05) is 15.9 Å². The molecule has 0 spiro atoms. The van der Waals surface area contributed by atoms with E-state index in [1.54, 1.807) is 0 Å². The van der Waals surface area contributed by atoms with Gasteiger partial charge in [0.1, 0.15) is 18.2 Å². The van der Waals surface area contributed by atoms with Crippen molar-refractivity contribution < 1.29 is 19.0 Å². The summed E-state index contributed by atoms with van der Waals surface area (Å²) in [6, 6.07) is 14.2. The number of ether oxygens (including phenoxy) is 2. The molecule has 0 radical (unpaired) electrons. The molecule has 1 saturated heterocycles. The zero-order valence-corrected chi connectivity index (χ0v) is 17.4. The Morgan fingerprint density at radius 1 is 0.964 bits per heavy atom. The maximum Gasteiger partial charge on any atom is 0.123 e. The molecule has 1 aliphatic rings. The molecule has 0 unspecified atom stereocenters. The zero-order chi connectivity index (χ0) is 19.8. The van der Waals surface area contributed by atoms with Gasteiger partial charge in [-0.3, -0.25) is 4.90 Å². The van der Waals surface area contributed by atoms with Crippen molar-refractivity contribution in [3.8, 4) is 5.75 Å². The summed E-state index contributed by atoms with van der Waals surface area (Å²) >= 11 is 3.38. The van der Waals surface area contributed by atoms with Gasteiger partial charge in [0.25, 0.3) is 0 Å². The molecular formula is C21H26BrFN2O3. The molecule has 1 atom stereocenters. The first kappa shape index (κ1) is 21.0. The van der Waals surface area contributed by atoms with Crippen LogP contribution in [0.2, 0.25) is 0 Å². The molecule has 1 fully saturated rings. The second-order valence-electron chi connectivity index (χ2n) is 6.80. The van der Waals surface area contributed by atoms with Crippen LogP contribution in [0.1, 0.15) is 0 Å². The Labute approximate surface area is 173 Å². The fourth-order valence-corrected chi connectivity index (χ4v) is 3.42. The highest BCUT2D eigenvalue weighted by molar-refractivity contribution is 9.10. The average molecular weight is 453 g/mol. The number of anilines is 1. The van der Waals surface area contributed by atoms with Crippen LogP contribution in [-0.4, -0.2) is 68.7 Å². The lowest BCUT2D eigenvalue weighted by Crippen LogP contribution is -2.49. The van der Waals surface area contributed by atoms with Gasteiger partial charge < -0.3 is 19.5 Å². The molecule has 2 aromatic carbocycles. The van der Waals surface area contributed by atoms with Crippen LogP contribution in [0.15, 0.2) is 53.0 Å². The molecule has 7 heteroatoms. The van der Waals surface area contributed by atoms with Gasteiger partial charge in [0.2, 0.25) is 0 Å². The SMILES string of the molecule is O[C@H](COCCOc1ccc(Br)cc1)CN1CCN(c2ccc(F)cc2)CC1. The minimum atomic E-state index is -0.523. The highest BCUT2D eigenvalue weighted by Crippen LogP contribution is 2.17. The minimum absolute atomic E-state index is 0.215. The Morgan fingerprint density at radius 3 is 2.32 bits per heavy atom. The standard InChI is InChI=1S/C21H26BrFN2O3/c22-17-1-7-21(8-2-17)28-14-13-27-16-20(26)15-24-9-11-25(12-10-24)19-5-3-18(23)4-6-19/h1-8,20,26H,9-16H2/t20-/m0/s1. The van der Waals surface area contributed by atoms with Gasteiger partial charge in [-0.05, 0) is 48.5 Å². The van der Waals surface area contributed by atoms with Crippen molar-refractivity contribution in [1.29, 1.82) is 0 Å². The van der Waals surface area contributed by atoms with Crippen molar-refractivity contribution in [2.45, 2.75) is 6.10 Å². The van der Waals surface area contributed by atoms with Gasteiger partial charge in [0, 0.05) is 42.9 Å². The van der Waals surface area contributed by atoms with Crippen molar-refractivity contribution in [3.05, 3.63) is 58.8 Å². The van der Waals surface area contributed by atoms with E-state index in [-0.39, 0.29) is 5.82 Å². The molecule has 152 valence electrons. The Morgan fingerprint density at radius 2 is 1.64 bits per heavy atom. The predicted octanol–water partition coefficient (Wildman–Crippen LogP) is 3.17. The first-order chi connectivity index (χ1) is 13.6. The van der Waals surface area contributed by atoms with Crippen molar-refractivity contribution in [1.82, 2.24) is 4.90 Å². The summed E-state index contributed by atoms with van der Waals surface area (Å²) in [6.07, 6.45) is -0.523. The van der Waals surface area contributed by atoms with E-state index >= 15 is 0 Å². The summed E-state index contributed by atoms with van der Waals surface area (Å²) in [7, 11) is 0. The predicted molar refractivity (Wildman–Crippen MR) is 112 cm³/mol. The molecule has 28 heavy (non-hydrogen) atoms. The fourth-order valence-electron chi connectivity index (χ4n) is 3.16. The summed E-state index contributed by atoms with van der Waals surface area (Å²) in [5.41, 5.74) is 1.04.